The molecule has 0 bridgehead atoms. The molecule has 0 spiro atoms. The van der Waals surface area contributed by atoms with Gasteiger partial charge in [-0.2, -0.15) is 0 Å². The summed E-state index contributed by atoms with van der Waals surface area (Å²) in [5.41, 5.74) is 5.87. The zero-order chi connectivity index (χ0) is 18.6. The van der Waals surface area contributed by atoms with Gasteiger partial charge < -0.3 is 9.84 Å². The molecule has 1 N–H and O–H groups in total. The van der Waals surface area contributed by atoms with Gasteiger partial charge in [-0.1, -0.05) is 13.0 Å². The molecule has 3 heteroatoms. The van der Waals surface area contributed by atoms with Gasteiger partial charge >= 0.3 is 0 Å². The third-order valence-corrected chi connectivity index (χ3v) is 7.60. The van der Waals surface area contributed by atoms with Crippen molar-refractivity contribution in [3.63, 3.8) is 0 Å². The Morgan fingerprint density at radius 2 is 2.00 bits per heavy atom. The first-order valence-corrected chi connectivity index (χ1v) is 10.1. The molecule has 2 aromatic rings. The Kier molecular flexibility index (Phi) is 3.82. The maximum absolute atomic E-state index is 10.2. The lowest BCUT2D eigenvalue weighted by Gasteiger charge is -2.50. The fraction of sp³-hybridized carbons (Fsp3) is 0.458. The zero-order valence-electron chi connectivity index (χ0n) is 16.1. The Morgan fingerprint density at radius 3 is 2.78 bits per heavy atom. The number of rotatable bonds is 2. The number of aromatic hydroxyl groups is 1. The van der Waals surface area contributed by atoms with Crippen LogP contribution in [0.3, 0.4) is 0 Å². The van der Waals surface area contributed by atoms with E-state index in [4.69, 9.17) is 4.74 Å². The highest BCUT2D eigenvalue weighted by atomic mass is 16.5. The average Bonchev–Trinajstić information content (AvgIpc) is 3.05. The number of hydrogen-bond acceptors (Lipinski definition) is 3. The molecule has 3 nitrogen and oxygen atoms in total. The molecule has 0 amide bonds. The van der Waals surface area contributed by atoms with Gasteiger partial charge in [0.2, 0.25) is 0 Å². The molecule has 1 aromatic carbocycles. The Balaban J connectivity index is 1.50. The molecule has 0 radical (unpaired) electrons. The SMILES string of the molecule is COc1cc2c(cc1O)CC[C@@H]1[C@@H]2CC[C@]2(C)C(c3ccncc3)=CC[C@@H]12. The van der Waals surface area contributed by atoms with E-state index in [1.807, 2.05) is 18.5 Å². The lowest BCUT2D eigenvalue weighted by Crippen LogP contribution is -2.40. The highest BCUT2D eigenvalue weighted by molar-refractivity contribution is 5.72. The molecule has 4 atom stereocenters. The third kappa shape index (κ3) is 2.44. The summed E-state index contributed by atoms with van der Waals surface area (Å²) < 4.78 is 5.41. The van der Waals surface area contributed by atoms with Crippen LogP contribution in [0.25, 0.3) is 5.57 Å². The smallest absolute Gasteiger partial charge is 0.160 e. The Labute approximate surface area is 161 Å². The fourth-order valence-corrected chi connectivity index (χ4v) is 6.30. The standard InChI is InChI=1S/C24H27NO2/c1-24-10-7-17-18(4-3-16-13-22(26)23(27-2)14-19(16)17)21(24)6-5-20(24)15-8-11-25-12-9-15/h5,8-9,11-14,17-18,21,26H,3-4,6-7,10H2,1-2H3/t17-,18+,21-,24+/m0/s1. The number of aryl methyl sites for hydroxylation is 1. The van der Waals surface area contributed by atoms with Crippen LogP contribution in [0.1, 0.15) is 55.2 Å². The minimum absolute atomic E-state index is 0.265. The lowest BCUT2D eigenvalue weighted by atomic mass is 9.54. The largest absolute Gasteiger partial charge is 0.504 e. The van der Waals surface area contributed by atoms with E-state index < -0.39 is 0 Å². The van der Waals surface area contributed by atoms with Gasteiger partial charge in [0, 0.05) is 12.4 Å². The highest BCUT2D eigenvalue weighted by Gasteiger charge is 2.51. The molecular formula is C24H27NO2. The van der Waals surface area contributed by atoms with Gasteiger partial charge in [0.15, 0.2) is 11.5 Å². The van der Waals surface area contributed by atoms with Crippen molar-refractivity contribution in [2.45, 2.75) is 44.9 Å². The number of methoxy groups -OCH3 is 1. The first-order valence-electron chi connectivity index (χ1n) is 10.1. The monoisotopic (exact) mass is 361 g/mol. The number of nitrogens with zero attached hydrogens (tertiary/aromatic N) is 1. The molecule has 0 aliphatic heterocycles. The van der Waals surface area contributed by atoms with Gasteiger partial charge in [-0.05, 0) is 102 Å². The van der Waals surface area contributed by atoms with E-state index in [2.05, 4.69) is 36.2 Å². The minimum Gasteiger partial charge on any atom is -0.504 e. The Hall–Kier alpha value is -2.29. The summed E-state index contributed by atoms with van der Waals surface area (Å²) in [7, 11) is 1.64. The van der Waals surface area contributed by atoms with Gasteiger partial charge in [-0.3, -0.25) is 4.98 Å². The number of phenolic OH excluding ortho intramolecular Hbond substituents is 1. The first-order chi connectivity index (χ1) is 13.1. The maximum Gasteiger partial charge on any atom is 0.160 e. The Morgan fingerprint density at radius 1 is 1.19 bits per heavy atom. The van der Waals surface area contributed by atoms with Gasteiger partial charge in [-0.15, -0.1) is 0 Å². The van der Waals surface area contributed by atoms with Crippen LogP contribution in [0.2, 0.25) is 0 Å². The van der Waals surface area contributed by atoms with Crippen molar-refractivity contribution in [2.75, 3.05) is 7.11 Å². The van der Waals surface area contributed by atoms with Crippen molar-refractivity contribution in [1.82, 2.24) is 4.98 Å². The number of benzene rings is 1. The first kappa shape index (κ1) is 16.9. The number of phenols is 1. The summed E-state index contributed by atoms with van der Waals surface area (Å²) in [4.78, 5) is 4.20. The Bertz CT molecular complexity index is 904. The summed E-state index contributed by atoms with van der Waals surface area (Å²) >= 11 is 0. The maximum atomic E-state index is 10.2. The summed E-state index contributed by atoms with van der Waals surface area (Å²) in [5.74, 6) is 2.89. The molecule has 5 rings (SSSR count). The van der Waals surface area contributed by atoms with Crippen LogP contribution in [-0.2, 0) is 6.42 Å². The van der Waals surface area contributed by atoms with E-state index >= 15 is 0 Å². The summed E-state index contributed by atoms with van der Waals surface area (Å²) in [6.45, 7) is 2.49. The molecule has 3 aliphatic carbocycles. The van der Waals surface area contributed by atoms with E-state index in [-0.39, 0.29) is 11.2 Å². The van der Waals surface area contributed by atoms with Crippen molar-refractivity contribution in [3.8, 4) is 11.5 Å². The van der Waals surface area contributed by atoms with Crippen molar-refractivity contribution in [2.24, 2.45) is 17.3 Å². The second-order valence-electron chi connectivity index (χ2n) is 8.68. The van der Waals surface area contributed by atoms with E-state index in [1.54, 1.807) is 7.11 Å². The molecule has 27 heavy (non-hydrogen) atoms. The van der Waals surface area contributed by atoms with Crippen LogP contribution < -0.4 is 4.74 Å². The second-order valence-corrected chi connectivity index (χ2v) is 8.68. The number of hydrogen-bond donors (Lipinski definition) is 1. The van der Waals surface area contributed by atoms with Crippen molar-refractivity contribution >= 4 is 5.57 Å². The van der Waals surface area contributed by atoms with Crippen molar-refractivity contribution in [3.05, 3.63) is 59.4 Å². The molecule has 1 aromatic heterocycles. The molecule has 1 heterocycles. The average molecular weight is 361 g/mol. The summed E-state index contributed by atoms with van der Waals surface area (Å²) in [5, 5.41) is 10.2. The van der Waals surface area contributed by atoms with Crippen LogP contribution in [0.15, 0.2) is 42.7 Å². The number of fused-ring (bicyclic) bond motifs is 5. The lowest BCUT2D eigenvalue weighted by molar-refractivity contribution is 0.0884. The second kappa shape index (κ2) is 6.12. The molecule has 140 valence electrons. The topological polar surface area (TPSA) is 42.4 Å². The van der Waals surface area contributed by atoms with Crippen LogP contribution in [0.4, 0.5) is 0 Å². The number of ether oxygens (including phenoxy) is 1. The number of allylic oxidation sites excluding steroid dienone is 2. The molecule has 3 aliphatic rings. The van der Waals surface area contributed by atoms with Gasteiger partial charge in [-0.25, -0.2) is 0 Å². The van der Waals surface area contributed by atoms with Crippen LogP contribution in [0, 0.1) is 17.3 Å². The fourth-order valence-electron chi connectivity index (χ4n) is 6.30. The zero-order valence-corrected chi connectivity index (χ0v) is 16.1. The van der Waals surface area contributed by atoms with E-state index in [0.717, 1.165) is 6.42 Å². The third-order valence-electron chi connectivity index (χ3n) is 7.60. The van der Waals surface area contributed by atoms with Crippen LogP contribution in [-0.4, -0.2) is 17.2 Å². The molecule has 1 saturated carbocycles. The molecule has 0 saturated heterocycles. The van der Waals surface area contributed by atoms with Crippen LogP contribution >= 0.6 is 0 Å². The van der Waals surface area contributed by atoms with Gasteiger partial charge in [0.1, 0.15) is 0 Å². The predicted molar refractivity (Wildman–Crippen MR) is 107 cm³/mol. The van der Waals surface area contributed by atoms with Gasteiger partial charge in [0.05, 0.1) is 7.11 Å². The van der Waals surface area contributed by atoms with Crippen molar-refractivity contribution < 1.29 is 9.84 Å². The number of pyridine rings is 1. The quantitative estimate of drug-likeness (QED) is 0.784. The normalized spacial score (nSPS) is 31.5. The summed E-state index contributed by atoms with van der Waals surface area (Å²) in [6.07, 6.45) is 12.2. The van der Waals surface area contributed by atoms with E-state index in [0.29, 0.717) is 23.5 Å². The molecular weight excluding hydrogens is 334 g/mol. The van der Waals surface area contributed by atoms with Crippen LogP contribution in [0.5, 0.6) is 11.5 Å². The molecule has 1 fully saturated rings. The van der Waals surface area contributed by atoms with Crippen molar-refractivity contribution in [1.29, 1.82) is 0 Å². The van der Waals surface area contributed by atoms with Gasteiger partial charge in [0.25, 0.3) is 0 Å². The predicted octanol–water partition coefficient (Wildman–Crippen LogP) is 5.35. The van der Waals surface area contributed by atoms with E-state index in [9.17, 15) is 5.11 Å². The van der Waals surface area contributed by atoms with E-state index in [1.165, 1.54) is 47.9 Å². The summed E-state index contributed by atoms with van der Waals surface area (Å²) in [6, 6.07) is 8.37. The molecule has 0 unspecified atom stereocenters. The minimum atomic E-state index is 0.265. The number of aromatic nitrogens is 1. The highest BCUT2D eigenvalue weighted by Crippen LogP contribution is 2.63.